The van der Waals surface area contributed by atoms with Crippen molar-refractivity contribution >= 4 is 6.03 Å². The van der Waals surface area contributed by atoms with Gasteiger partial charge in [0.05, 0.1) is 0 Å². The highest BCUT2D eigenvalue weighted by molar-refractivity contribution is 5.75. The maximum Gasteiger partial charge on any atom is 0.320 e. The van der Waals surface area contributed by atoms with Crippen LogP contribution in [-0.4, -0.2) is 41.0 Å². The van der Waals surface area contributed by atoms with Crippen LogP contribution in [0, 0.1) is 0 Å². The predicted molar refractivity (Wildman–Crippen MR) is 56.2 cm³/mol. The SMILES string of the molecule is CC1CCCN1C(=O)N1CCCC1C. The van der Waals surface area contributed by atoms with E-state index in [1.54, 1.807) is 0 Å². The molecule has 2 atom stereocenters. The molecule has 2 heterocycles. The minimum absolute atomic E-state index is 0.278. The molecule has 0 aliphatic carbocycles. The topological polar surface area (TPSA) is 23.6 Å². The van der Waals surface area contributed by atoms with Crippen LogP contribution in [0.15, 0.2) is 0 Å². The number of rotatable bonds is 0. The summed E-state index contributed by atoms with van der Waals surface area (Å²) in [5, 5.41) is 0. The van der Waals surface area contributed by atoms with Gasteiger partial charge in [-0.15, -0.1) is 0 Å². The molecule has 0 saturated carbocycles. The molecule has 14 heavy (non-hydrogen) atoms. The molecule has 0 spiro atoms. The molecule has 2 amide bonds. The zero-order valence-electron chi connectivity index (χ0n) is 9.20. The minimum atomic E-state index is 0.278. The van der Waals surface area contributed by atoms with Gasteiger partial charge in [-0.25, -0.2) is 4.79 Å². The fourth-order valence-electron chi connectivity index (χ4n) is 2.60. The molecule has 0 radical (unpaired) electrons. The highest BCUT2D eigenvalue weighted by atomic mass is 16.2. The Bertz CT molecular complexity index is 207. The molecule has 80 valence electrons. The van der Waals surface area contributed by atoms with Crippen LogP contribution in [0.25, 0.3) is 0 Å². The summed E-state index contributed by atoms with van der Waals surface area (Å²) in [5.74, 6) is 0. The average molecular weight is 196 g/mol. The largest absolute Gasteiger partial charge is 0.322 e. The van der Waals surface area contributed by atoms with Crippen LogP contribution >= 0.6 is 0 Å². The average Bonchev–Trinajstić information content (AvgIpc) is 2.73. The Morgan fingerprint density at radius 3 is 1.71 bits per heavy atom. The Morgan fingerprint density at radius 1 is 1.00 bits per heavy atom. The second-order valence-corrected chi connectivity index (χ2v) is 4.65. The molecule has 0 aromatic heterocycles. The van der Waals surface area contributed by atoms with E-state index in [0.29, 0.717) is 12.1 Å². The van der Waals surface area contributed by atoms with Crippen LogP contribution in [0.5, 0.6) is 0 Å². The molecule has 2 fully saturated rings. The van der Waals surface area contributed by atoms with Crippen LogP contribution in [-0.2, 0) is 0 Å². The maximum absolute atomic E-state index is 12.1. The molecule has 3 heteroatoms. The maximum atomic E-state index is 12.1. The van der Waals surface area contributed by atoms with Crippen LogP contribution in [0.3, 0.4) is 0 Å². The molecule has 2 unspecified atom stereocenters. The molecule has 2 rings (SSSR count). The summed E-state index contributed by atoms with van der Waals surface area (Å²) in [4.78, 5) is 16.2. The Morgan fingerprint density at radius 2 is 1.43 bits per heavy atom. The molecule has 3 nitrogen and oxygen atoms in total. The standard InChI is InChI=1S/C11H20N2O/c1-9-5-3-7-12(9)11(14)13-8-4-6-10(13)2/h9-10H,3-8H2,1-2H3. The van der Waals surface area contributed by atoms with Gasteiger partial charge in [-0.1, -0.05) is 0 Å². The molecule has 0 bridgehead atoms. The Kier molecular flexibility index (Phi) is 2.66. The lowest BCUT2D eigenvalue weighted by molar-refractivity contribution is 0.149. The van der Waals surface area contributed by atoms with Gasteiger partial charge in [-0.2, -0.15) is 0 Å². The summed E-state index contributed by atoms with van der Waals surface area (Å²) in [7, 11) is 0. The van der Waals surface area contributed by atoms with Crippen molar-refractivity contribution in [2.24, 2.45) is 0 Å². The molecule has 2 aliphatic rings. The third-order valence-corrected chi connectivity index (χ3v) is 3.60. The van der Waals surface area contributed by atoms with Crippen LogP contribution in [0.4, 0.5) is 4.79 Å². The van der Waals surface area contributed by atoms with Gasteiger partial charge in [-0.3, -0.25) is 0 Å². The number of amides is 2. The first-order chi connectivity index (χ1) is 6.70. The molecule has 2 saturated heterocycles. The van der Waals surface area contributed by atoms with Gasteiger partial charge in [0.15, 0.2) is 0 Å². The number of likely N-dealkylation sites (tertiary alicyclic amines) is 2. The Labute approximate surface area is 86.1 Å². The van der Waals surface area contributed by atoms with Crippen molar-refractivity contribution in [2.45, 2.75) is 51.6 Å². The first-order valence-electron chi connectivity index (χ1n) is 5.77. The number of carbonyl (C=O) groups excluding carboxylic acids is 1. The molecular formula is C11H20N2O. The second kappa shape index (κ2) is 3.79. The third-order valence-electron chi connectivity index (χ3n) is 3.60. The molecule has 2 aliphatic heterocycles. The summed E-state index contributed by atoms with van der Waals surface area (Å²) in [5.41, 5.74) is 0. The highest BCUT2D eigenvalue weighted by Crippen LogP contribution is 2.23. The summed E-state index contributed by atoms with van der Waals surface area (Å²) in [6, 6.07) is 1.19. The minimum Gasteiger partial charge on any atom is -0.322 e. The molecular weight excluding hydrogens is 176 g/mol. The van der Waals surface area contributed by atoms with E-state index in [1.165, 1.54) is 25.7 Å². The molecule has 0 aromatic carbocycles. The first-order valence-corrected chi connectivity index (χ1v) is 5.77. The third kappa shape index (κ3) is 1.60. The van der Waals surface area contributed by atoms with Crippen LogP contribution in [0.2, 0.25) is 0 Å². The van der Waals surface area contributed by atoms with Gasteiger partial charge < -0.3 is 9.80 Å². The van der Waals surface area contributed by atoms with Crippen molar-refractivity contribution in [3.8, 4) is 0 Å². The summed E-state index contributed by atoms with van der Waals surface area (Å²) in [6.07, 6.45) is 4.70. The van der Waals surface area contributed by atoms with Crippen molar-refractivity contribution in [3.63, 3.8) is 0 Å². The lowest BCUT2D eigenvalue weighted by atomic mass is 10.2. The summed E-state index contributed by atoms with van der Waals surface area (Å²) >= 11 is 0. The number of urea groups is 1. The number of nitrogens with zero attached hydrogens (tertiary/aromatic N) is 2. The number of hydrogen-bond acceptors (Lipinski definition) is 1. The summed E-state index contributed by atoms with van der Waals surface area (Å²) in [6.45, 7) is 6.24. The van der Waals surface area contributed by atoms with Crippen molar-refractivity contribution in [1.82, 2.24) is 9.80 Å². The van der Waals surface area contributed by atoms with E-state index in [4.69, 9.17) is 0 Å². The van der Waals surface area contributed by atoms with Crippen LogP contribution < -0.4 is 0 Å². The Balaban J connectivity index is 2.00. The van der Waals surface area contributed by atoms with E-state index in [1.807, 2.05) is 9.80 Å². The van der Waals surface area contributed by atoms with E-state index in [-0.39, 0.29) is 6.03 Å². The molecule has 0 N–H and O–H groups in total. The van der Waals surface area contributed by atoms with E-state index >= 15 is 0 Å². The Hall–Kier alpha value is -0.730. The normalized spacial score (nSPS) is 32.7. The lowest BCUT2D eigenvalue weighted by Gasteiger charge is -2.30. The van der Waals surface area contributed by atoms with E-state index < -0.39 is 0 Å². The first kappa shape index (κ1) is 9.81. The van der Waals surface area contributed by atoms with E-state index in [0.717, 1.165) is 13.1 Å². The number of hydrogen-bond donors (Lipinski definition) is 0. The quantitative estimate of drug-likeness (QED) is 0.582. The van der Waals surface area contributed by atoms with Crippen molar-refractivity contribution < 1.29 is 4.79 Å². The van der Waals surface area contributed by atoms with Gasteiger partial charge in [0, 0.05) is 25.2 Å². The fourth-order valence-corrected chi connectivity index (χ4v) is 2.60. The predicted octanol–water partition coefficient (Wildman–Crippen LogP) is 2.08. The van der Waals surface area contributed by atoms with Gasteiger partial charge in [0.1, 0.15) is 0 Å². The van der Waals surface area contributed by atoms with Gasteiger partial charge in [0.25, 0.3) is 0 Å². The van der Waals surface area contributed by atoms with Crippen LogP contribution in [0.1, 0.15) is 39.5 Å². The highest BCUT2D eigenvalue weighted by Gasteiger charge is 2.32. The number of carbonyl (C=O) groups is 1. The zero-order chi connectivity index (χ0) is 10.1. The van der Waals surface area contributed by atoms with Gasteiger partial charge in [0.2, 0.25) is 0 Å². The molecule has 0 aromatic rings. The smallest absolute Gasteiger partial charge is 0.320 e. The van der Waals surface area contributed by atoms with Crippen molar-refractivity contribution in [1.29, 1.82) is 0 Å². The van der Waals surface area contributed by atoms with E-state index in [9.17, 15) is 4.79 Å². The van der Waals surface area contributed by atoms with Gasteiger partial charge >= 0.3 is 6.03 Å². The second-order valence-electron chi connectivity index (χ2n) is 4.65. The zero-order valence-corrected chi connectivity index (χ0v) is 9.20. The summed E-state index contributed by atoms with van der Waals surface area (Å²) < 4.78 is 0. The monoisotopic (exact) mass is 196 g/mol. The van der Waals surface area contributed by atoms with Gasteiger partial charge in [-0.05, 0) is 39.5 Å². The van der Waals surface area contributed by atoms with Crippen molar-refractivity contribution in [2.75, 3.05) is 13.1 Å². The lowest BCUT2D eigenvalue weighted by Crippen LogP contribution is -2.45. The fraction of sp³-hybridized carbons (Fsp3) is 0.909. The van der Waals surface area contributed by atoms with E-state index in [2.05, 4.69) is 13.8 Å². The van der Waals surface area contributed by atoms with Crippen molar-refractivity contribution in [3.05, 3.63) is 0 Å².